The van der Waals surface area contributed by atoms with Gasteiger partial charge in [-0.1, -0.05) is 60.1 Å². The molecule has 2 aliphatic rings. The molecule has 1 aromatic heterocycles. The largest absolute Gasteiger partial charge is 0.311 e. The molecular weight excluding hydrogens is 418 g/mol. The van der Waals surface area contributed by atoms with Gasteiger partial charge >= 0.3 is 0 Å². The number of benzene rings is 2. The van der Waals surface area contributed by atoms with E-state index >= 15 is 0 Å². The van der Waals surface area contributed by atoms with Crippen molar-refractivity contribution >= 4 is 46.9 Å². The van der Waals surface area contributed by atoms with E-state index in [4.69, 9.17) is 29.2 Å². The van der Waals surface area contributed by atoms with Crippen LogP contribution in [-0.2, 0) is 0 Å². The molecule has 29 heavy (non-hydrogen) atoms. The predicted octanol–water partition coefficient (Wildman–Crippen LogP) is 6.58. The van der Waals surface area contributed by atoms with Crippen LogP contribution in [0.15, 0.2) is 88.2 Å². The minimum absolute atomic E-state index is 0.0193. The number of amidine groups is 1. The van der Waals surface area contributed by atoms with E-state index < -0.39 is 0 Å². The smallest absolute Gasteiger partial charge is 0.170 e. The van der Waals surface area contributed by atoms with Crippen LogP contribution in [0.5, 0.6) is 0 Å². The minimum Gasteiger partial charge on any atom is -0.311 e. The summed E-state index contributed by atoms with van der Waals surface area (Å²) < 4.78 is 0.952. The summed E-state index contributed by atoms with van der Waals surface area (Å²) in [6.45, 7) is 0. The van der Waals surface area contributed by atoms with Crippen molar-refractivity contribution < 1.29 is 0 Å². The Bertz CT molecular complexity index is 1080. The summed E-state index contributed by atoms with van der Waals surface area (Å²) >= 11 is 12.6. The lowest BCUT2D eigenvalue weighted by molar-refractivity contribution is 0.353. The van der Waals surface area contributed by atoms with Crippen molar-refractivity contribution in [1.29, 1.82) is 0 Å². The first-order chi connectivity index (χ1) is 14.2. The second kappa shape index (κ2) is 7.90. The molecule has 0 amide bonds. The van der Waals surface area contributed by atoms with Gasteiger partial charge in [0, 0.05) is 23.2 Å². The number of hydrogen-bond donors (Lipinski definition) is 1. The summed E-state index contributed by atoms with van der Waals surface area (Å²) in [6, 6.07) is 24.7. The van der Waals surface area contributed by atoms with Gasteiger partial charge in [0.1, 0.15) is 0 Å². The molecule has 2 atom stereocenters. The van der Waals surface area contributed by atoms with Crippen LogP contribution < -0.4 is 0 Å². The van der Waals surface area contributed by atoms with Crippen LogP contribution in [0.3, 0.4) is 0 Å². The highest BCUT2D eigenvalue weighted by Gasteiger charge is 2.40. The van der Waals surface area contributed by atoms with E-state index in [1.165, 1.54) is 5.56 Å². The molecule has 2 aromatic carbocycles. The highest BCUT2D eigenvalue weighted by atomic mass is 35.5. The molecular formula is C23H18ClN3S2. The highest BCUT2D eigenvalue weighted by molar-refractivity contribution is 8.26. The summed E-state index contributed by atoms with van der Waals surface area (Å²) in [4.78, 5) is 12.0. The molecule has 144 valence electrons. The van der Waals surface area contributed by atoms with Gasteiger partial charge in [0.2, 0.25) is 0 Å². The third kappa shape index (κ3) is 3.59. The Morgan fingerprint density at radius 2 is 1.72 bits per heavy atom. The number of rotatable bonds is 3. The van der Waals surface area contributed by atoms with Crippen molar-refractivity contribution in [3.63, 3.8) is 0 Å². The van der Waals surface area contributed by atoms with E-state index in [1.54, 1.807) is 11.8 Å². The van der Waals surface area contributed by atoms with Crippen molar-refractivity contribution in [3.8, 4) is 0 Å². The summed E-state index contributed by atoms with van der Waals surface area (Å²) in [5.74, 6) is 0. The molecule has 0 bridgehead atoms. The molecule has 0 saturated carbocycles. The van der Waals surface area contributed by atoms with Gasteiger partial charge in [-0.05, 0) is 41.6 Å². The maximum atomic E-state index is 6.12. The molecule has 3 aromatic rings. The molecule has 0 aliphatic carbocycles. The predicted molar refractivity (Wildman–Crippen MR) is 125 cm³/mol. The van der Waals surface area contributed by atoms with Gasteiger partial charge < -0.3 is 4.90 Å². The average Bonchev–Trinajstić information content (AvgIpc) is 3.10. The number of nitrogens with zero attached hydrogens (tertiary/aromatic N) is 3. The Morgan fingerprint density at radius 1 is 0.966 bits per heavy atom. The van der Waals surface area contributed by atoms with E-state index in [0.29, 0.717) is 0 Å². The Balaban J connectivity index is 1.62. The maximum Gasteiger partial charge on any atom is 0.170 e. The summed E-state index contributed by atoms with van der Waals surface area (Å²) in [5, 5.41) is 1.69. The molecule has 6 heteroatoms. The number of thiol groups is 1. The van der Waals surface area contributed by atoms with E-state index in [-0.39, 0.29) is 12.1 Å². The first-order valence-electron chi connectivity index (χ1n) is 9.40. The number of fused-ring (bicyclic) bond motifs is 1. The second-order valence-corrected chi connectivity index (χ2v) is 9.14. The van der Waals surface area contributed by atoms with Gasteiger partial charge in [-0.2, -0.15) is 0 Å². The molecule has 3 nitrogen and oxygen atoms in total. The lowest BCUT2D eigenvalue weighted by Gasteiger charge is -2.37. The van der Waals surface area contributed by atoms with Gasteiger partial charge in [0.05, 0.1) is 27.7 Å². The fraction of sp³-hybridized carbons (Fsp3) is 0.130. The number of aliphatic imine (C=N–C) groups is 1. The third-order valence-electron chi connectivity index (χ3n) is 5.19. The topological polar surface area (TPSA) is 28.5 Å². The molecule has 0 fully saturated rings. The lowest BCUT2D eigenvalue weighted by atomic mass is 9.94. The van der Waals surface area contributed by atoms with Crippen LogP contribution in [0.4, 0.5) is 0 Å². The van der Waals surface area contributed by atoms with Crippen LogP contribution in [-0.4, -0.2) is 15.1 Å². The molecule has 0 saturated heterocycles. The normalized spacial score (nSPS) is 21.2. The first-order valence-corrected chi connectivity index (χ1v) is 11.0. The Kier molecular flexibility index (Phi) is 5.12. The number of halogens is 1. The number of pyridine rings is 1. The lowest BCUT2D eigenvalue weighted by Crippen LogP contribution is -2.34. The molecule has 2 unspecified atom stereocenters. The van der Waals surface area contributed by atoms with Gasteiger partial charge in [-0.3, -0.25) is 9.98 Å². The molecule has 0 N–H and O–H groups in total. The summed E-state index contributed by atoms with van der Waals surface area (Å²) in [7, 11) is 0. The van der Waals surface area contributed by atoms with Gasteiger partial charge in [0.25, 0.3) is 0 Å². The molecule has 3 heterocycles. The van der Waals surface area contributed by atoms with Crippen LogP contribution in [0.2, 0.25) is 5.02 Å². The van der Waals surface area contributed by atoms with Crippen LogP contribution in [0.1, 0.15) is 35.3 Å². The zero-order chi connectivity index (χ0) is 19.8. The van der Waals surface area contributed by atoms with Crippen molar-refractivity contribution in [3.05, 3.63) is 105 Å². The summed E-state index contributed by atoms with van der Waals surface area (Å²) in [5.41, 5.74) is 4.44. The van der Waals surface area contributed by atoms with Crippen molar-refractivity contribution in [1.82, 2.24) is 9.88 Å². The molecule has 2 aliphatic heterocycles. The van der Waals surface area contributed by atoms with E-state index in [2.05, 4.69) is 46.3 Å². The number of thioether (sulfide) groups is 1. The van der Waals surface area contributed by atoms with Crippen LogP contribution in [0, 0.1) is 0 Å². The SMILES string of the molecule is SC1=C(c2ccc(Cl)cc2)N2C(=NC(c3ccccn3)CC2c2ccccc2)S1. The number of aromatic nitrogens is 1. The van der Waals surface area contributed by atoms with Gasteiger partial charge in [-0.15, -0.1) is 12.6 Å². The number of hydrogen-bond acceptors (Lipinski definition) is 5. The zero-order valence-corrected chi connectivity index (χ0v) is 17.9. The van der Waals surface area contributed by atoms with Crippen LogP contribution in [0.25, 0.3) is 5.70 Å². The molecule has 0 spiro atoms. The van der Waals surface area contributed by atoms with E-state index in [1.807, 2.05) is 42.6 Å². The van der Waals surface area contributed by atoms with Crippen molar-refractivity contribution in [2.24, 2.45) is 4.99 Å². The third-order valence-corrected chi connectivity index (χ3v) is 6.80. The van der Waals surface area contributed by atoms with Crippen molar-refractivity contribution in [2.45, 2.75) is 18.5 Å². The van der Waals surface area contributed by atoms with Gasteiger partial charge in [-0.25, -0.2) is 0 Å². The minimum atomic E-state index is 0.0193. The quantitative estimate of drug-likeness (QED) is 0.471. The monoisotopic (exact) mass is 435 g/mol. The maximum absolute atomic E-state index is 6.12. The highest BCUT2D eigenvalue weighted by Crippen LogP contribution is 2.51. The standard InChI is InChI=1S/C23H18ClN3S2/c24-17-11-9-16(10-12-17)21-22(28)29-23-26-19(18-8-4-5-13-25-18)14-20(27(21)23)15-6-2-1-3-7-15/h1-13,19-20,28H,14H2. The average molecular weight is 436 g/mol. The molecule has 5 rings (SSSR count). The molecule has 0 radical (unpaired) electrons. The zero-order valence-electron chi connectivity index (χ0n) is 15.4. The Morgan fingerprint density at radius 3 is 2.45 bits per heavy atom. The first kappa shape index (κ1) is 18.8. The van der Waals surface area contributed by atoms with E-state index in [0.717, 1.165) is 37.8 Å². The van der Waals surface area contributed by atoms with Gasteiger partial charge in [0.15, 0.2) is 5.17 Å². The summed E-state index contributed by atoms with van der Waals surface area (Å²) in [6.07, 6.45) is 2.69. The second-order valence-electron chi connectivity index (χ2n) is 6.98. The van der Waals surface area contributed by atoms with E-state index in [9.17, 15) is 0 Å². The fourth-order valence-electron chi connectivity index (χ4n) is 3.85. The van der Waals surface area contributed by atoms with Crippen molar-refractivity contribution in [2.75, 3.05) is 0 Å². The van der Waals surface area contributed by atoms with Crippen LogP contribution >= 0.6 is 36.0 Å². The Labute approximate surface area is 184 Å². The fourth-order valence-corrected chi connectivity index (χ4v) is 5.44. The Hall–Kier alpha value is -2.21.